The first-order valence-electron chi connectivity index (χ1n) is 8.32. The Hall–Kier alpha value is -2.11. The lowest BCUT2D eigenvalue weighted by molar-refractivity contribution is 0.00565. The Morgan fingerprint density at radius 1 is 1.21 bits per heavy atom. The van der Waals surface area contributed by atoms with Crippen LogP contribution in [0.1, 0.15) is 34.6 Å². The molecule has 1 aromatic rings. The minimum absolute atomic E-state index is 0.0332. The molecule has 1 aliphatic rings. The number of benzene rings is 1. The first kappa shape index (κ1) is 18.2. The lowest BCUT2D eigenvalue weighted by Crippen LogP contribution is -2.59. The smallest absolute Gasteiger partial charge is 0.410 e. The van der Waals surface area contributed by atoms with E-state index in [4.69, 9.17) is 15.2 Å². The summed E-state index contributed by atoms with van der Waals surface area (Å²) in [6, 6.07) is 5.73. The zero-order chi connectivity index (χ0) is 18.1. The maximum atomic E-state index is 12.5. The summed E-state index contributed by atoms with van der Waals surface area (Å²) >= 11 is 0. The van der Waals surface area contributed by atoms with Gasteiger partial charge in [-0.2, -0.15) is 0 Å². The van der Waals surface area contributed by atoms with E-state index in [9.17, 15) is 4.79 Å². The first-order valence-corrected chi connectivity index (χ1v) is 8.32. The zero-order valence-corrected chi connectivity index (χ0v) is 15.5. The Labute approximate surface area is 144 Å². The van der Waals surface area contributed by atoms with Crippen molar-refractivity contribution < 1.29 is 14.3 Å². The highest BCUT2D eigenvalue weighted by Crippen LogP contribution is 2.33. The van der Waals surface area contributed by atoms with Crippen LogP contribution in [-0.2, 0) is 4.74 Å². The second-order valence-corrected chi connectivity index (χ2v) is 7.42. The zero-order valence-electron chi connectivity index (χ0n) is 15.5. The van der Waals surface area contributed by atoms with Crippen LogP contribution in [0.3, 0.4) is 0 Å². The standard InChI is InChI=1S/C18H29N3O3/c1-12-10-20(15-8-7-14(19)9-16(15)23-6)11-13(2)21(12)17(22)24-18(3,4)5/h7-9,12-13H,10-11,19H2,1-6H3. The summed E-state index contributed by atoms with van der Waals surface area (Å²) in [7, 11) is 1.64. The van der Waals surface area contributed by atoms with Crippen LogP contribution in [0.5, 0.6) is 5.75 Å². The Balaban J connectivity index is 2.17. The van der Waals surface area contributed by atoms with Gasteiger partial charge in [-0.15, -0.1) is 0 Å². The highest BCUT2D eigenvalue weighted by Gasteiger charge is 2.36. The molecule has 2 rings (SSSR count). The van der Waals surface area contributed by atoms with Gasteiger partial charge >= 0.3 is 6.09 Å². The molecule has 0 aromatic heterocycles. The fourth-order valence-corrected chi connectivity index (χ4v) is 3.15. The van der Waals surface area contributed by atoms with Crippen molar-refractivity contribution >= 4 is 17.5 Å². The molecule has 0 radical (unpaired) electrons. The van der Waals surface area contributed by atoms with Gasteiger partial charge in [-0.1, -0.05) is 0 Å². The van der Waals surface area contributed by atoms with Gasteiger partial charge in [0.05, 0.1) is 24.9 Å². The Morgan fingerprint density at radius 3 is 2.29 bits per heavy atom. The number of rotatable bonds is 2. The largest absolute Gasteiger partial charge is 0.495 e. The lowest BCUT2D eigenvalue weighted by Gasteiger charge is -2.45. The first-order chi connectivity index (χ1) is 11.1. The van der Waals surface area contributed by atoms with Crippen molar-refractivity contribution in [1.29, 1.82) is 0 Å². The summed E-state index contributed by atoms with van der Waals surface area (Å²) in [5.41, 5.74) is 7.01. The number of carbonyl (C=O) groups is 1. The third-order valence-corrected chi connectivity index (χ3v) is 4.07. The topological polar surface area (TPSA) is 68.0 Å². The minimum Gasteiger partial charge on any atom is -0.495 e. The second kappa shape index (κ2) is 6.79. The van der Waals surface area contributed by atoms with Gasteiger partial charge in [0.25, 0.3) is 0 Å². The van der Waals surface area contributed by atoms with Crippen LogP contribution in [0.2, 0.25) is 0 Å². The number of nitrogens with two attached hydrogens (primary N) is 1. The van der Waals surface area contributed by atoms with E-state index in [-0.39, 0.29) is 18.2 Å². The maximum Gasteiger partial charge on any atom is 0.410 e. The fraction of sp³-hybridized carbons (Fsp3) is 0.611. The van der Waals surface area contributed by atoms with E-state index < -0.39 is 5.60 Å². The number of nitrogen functional groups attached to an aromatic ring is 1. The van der Waals surface area contributed by atoms with E-state index in [1.54, 1.807) is 7.11 Å². The van der Waals surface area contributed by atoms with E-state index in [1.165, 1.54) is 0 Å². The molecule has 0 spiro atoms. The lowest BCUT2D eigenvalue weighted by atomic mass is 10.1. The third kappa shape index (κ3) is 4.04. The van der Waals surface area contributed by atoms with E-state index in [2.05, 4.69) is 4.90 Å². The number of ether oxygens (including phenoxy) is 2. The molecule has 1 amide bonds. The monoisotopic (exact) mass is 335 g/mol. The number of amides is 1. The van der Waals surface area contributed by atoms with Gasteiger partial charge in [0.1, 0.15) is 11.4 Å². The summed E-state index contributed by atoms with van der Waals surface area (Å²) in [5.74, 6) is 0.750. The third-order valence-electron chi connectivity index (χ3n) is 4.07. The van der Waals surface area contributed by atoms with Crippen LogP contribution in [0.4, 0.5) is 16.2 Å². The predicted molar refractivity (Wildman–Crippen MR) is 96.6 cm³/mol. The molecule has 1 aliphatic heterocycles. The Kier molecular flexibility index (Phi) is 5.16. The number of anilines is 2. The molecule has 2 unspecified atom stereocenters. The summed E-state index contributed by atoms with van der Waals surface area (Å²) < 4.78 is 11.0. The van der Waals surface area contributed by atoms with E-state index in [0.29, 0.717) is 18.8 Å². The van der Waals surface area contributed by atoms with Gasteiger partial charge in [-0.25, -0.2) is 4.79 Å². The molecular formula is C18H29N3O3. The van der Waals surface area contributed by atoms with Crippen molar-refractivity contribution in [1.82, 2.24) is 4.90 Å². The van der Waals surface area contributed by atoms with E-state index in [1.807, 2.05) is 57.7 Å². The van der Waals surface area contributed by atoms with E-state index >= 15 is 0 Å². The number of carbonyl (C=O) groups excluding carboxylic acids is 1. The number of methoxy groups -OCH3 is 1. The van der Waals surface area contributed by atoms with Crippen LogP contribution < -0.4 is 15.4 Å². The average molecular weight is 335 g/mol. The van der Waals surface area contributed by atoms with Crippen LogP contribution in [0.15, 0.2) is 18.2 Å². The van der Waals surface area contributed by atoms with Crippen molar-refractivity contribution in [2.75, 3.05) is 30.8 Å². The van der Waals surface area contributed by atoms with Crippen LogP contribution in [-0.4, -0.2) is 48.9 Å². The van der Waals surface area contributed by atoms with E-state index in [0.717, 1.165) is 11.4 Å². The highest BCUT2D eigenvalue weighted by atomic mass is 16.6. The average Bonchev–Trinajstić information content (AvgIpc) is 2.44. The molecule has 1 heterocycles. The van der Waals surface area contributed by atoms with Crippen LogP contribution >= 0.6 is 0 Å². The van der Waals surface area contributed by atoms with Gasteiger partial charge in [0.2, 0.25) is 0 Å². The van der Waals surface area contributed by atoms with Crippen molar-refractivity contribution in [3.63, 3.8) is 0 Å². The number of piperazine rings is 1. The molecule has 134 valence electrons. The maximum absolute atomic E-state index is 12.5. The molecule has 6 nitrogen and oxygen atoms in total. The summed E-state index contributed by atoms with van der Waals surface area (Å²) in [6.07, 6.45) is -0.258. The molecule has 6 heteroatoms. The molecule has 1 aromatic carbocycles. The van der Waals surface area contributed by atoms with Crippen molar-refractivity contribution in [3.8, 4) is 5.75 Å². The molecule has 0 bridgehead atoms. The van der Waals surface area contributed by atoms with Gasteiger partial charge < -0.3 is 20.1 Å². The molecule has 0 aliphatic carbocycles. The van der Waals surface area contributed by atoms with Gasteiger partial charge in [0, 0.05) is 24.8 Å². The minimum atomic E-state index is -0.492. The number of nitrogens with zero attached hydrogens (tertiary/aromatic N) is 2. The van der Waals surface area contributed by atoms with Gasteiger partial charge in [-0.05, 0) is 46.8 Å². The van der Waals surface area contributed by atoms with Gasteiger partial charge in [0.15, 0.2) is 0 Å². The van der Waals surface area contributed by atoms with Gasteiger partial charge in [-0.3, -0.25) is 4.90 Å². The molecule has 1 fully saturated rings. The van der Waals surface area contributed by atoms with Crippen molar-refractivity contribution in [2.45, 2.75) is 52.3 Å². The molecule has 0 saturated carbocycles. The molecule has 24 heavy (non-hydrogen) atoms. The Morgan fingerprint density at radius 2 is 1.79 bits per heavy atom. The fourth-order valence-electron chi connectivity index (χ4n) is 3.15. The quantitative estimate of drug-likeness (QED) is 0.841. The predicted octanol–water partition coefficient (Wildman–Crippen LogP) is 3.11. The molecule has 2 atom stereocenters. The summed E-state index contributed by atoms with van der Waals surface area (Å²) in [4.78, 5) is 16.5. The SMILES string of the molecule is COc1cc(N)ccc1N1CC(C)N(C(=O)OC(C)(C)C)C(C)C1. The normalized spacial score (nSPS) is 21.6. The molecule has 1 saturated heterocycles. The second-order valence-electron chi connectivity index (χ2n) is 7.42. The summed E-state index contributed by atoms with van der Waals surface area (Å²) in [6.45, 7) is 11.2. The van der Waals surface area contributed by atoms with Crippen molar-refractivity contribution in [2.24, 2.45) is 0 Å². The van der Waals surface area contributed by atoms with Crippen molar-refractivity contribution in [3.05, 3.63) is 18.2 Å². The number of hydrogen-bond acceptors (Lipinski definition) is 5. The van der Waals surface area contributed by atoms with Crippen LogP contribution in [0, 0.1) is 0 Å². The van der Waals surface area contributed by atoms with Crippen LogP contribution in [0.25, 0.3) is 0 Å². The molecular weight excluding hydrogens is 306 g/mol. The summed E-state index contributed by atoms with van der Waals surface area (Å²) in [5, 5.41) is 0. The number of hydrogen-bond donors (Lipinski definition) is 1. The Bertz CT molecular complexity index is 586. The molecule has 2 N–H and O–H groups in total. The highest BCUT2D eigenvalue weighted by molar-refractivity contribution is 5.70.